The molecular formula is C22H21F3N4O2S. The van der Waals surface area contributed by atoms with Crippen LogP contribution in [0.3, 0.4) is 0 Å². The summed E-state index contributed by atoms with van der Waals surface area (Å²) in [7, 11) is 0. The van der Waals surface area contributed by atoms with Crippen LogP contribution < -0.4 is 16.0 Å². The van der Waals surface area contributed by atoms with E-state index in [0.717, 1.165) is 35.8 Å². The Morgan fingerprint density at radius 2 is 1.81 bits per heavy atom. The number of anilines is 1. The van der Waals surface area contributed by atoms with Crippen molar-refractivity contribution in [3.8, 4) is 0 Å². The van der Waals surface area contributed by atoms with E-state index >= 15 is 0 Å². The van der Waals surface area contributed by atoms with E-state index in [1.54, 1.807) is 31.2 Å². The summed E-state index contributed by atoms with van der Waals surface area (Å²) in [6.45, 7) is 3.50. The quantitative estimate of drug-likeness (QED) is 0.475. The maximum atomic E-state index is 12.9. The number of rotatable bonds is 5. The Morgan fingerprint density at radius 1 is 1.12 bits per heavy atom. The molecule has 1 aromatic carbocycles. The first kappa shape index (κ1) is 22.1. The lowest BCUT2D eigenvalue weighted by atomic mass is 10.1. The Kier molecular flexibility index (Phi) is 5.81. The third-order valence-electron chi connectivity index (χ3n) is 5.23. The van der Waals surface area contributed by atoms with Gasteiger partial charge in [-0.05, 0) is 62.1 Å². The number of aryl methyl sites for hydroxylation is 1. The van der Waals surface area contributed by atoms with E-state index in [4.69, 9.17) is 0 Å². The van der Waals surface area contributed by atoms with Crippen molar-refractivity contribution in [1.82, 2.24) is 15.6 Å². The summed E-state index contributed by atoms with van der Waals surface area (Å²) in [6, 6.07) is 9.03. The number of pyridine rings is 1. The molecule has 4 rings (SSSR count). The number of hydrogen-bond donors (Lipinski definition) is 3. The summed E-state index contributed by atoms with van der Waals surface area (Å²) in [5.41, 5.74) is 1.07. The lowest BCUT2D eigenvalue weighted by molar-refractivity contribution is -0.140. The number of thiophene rings is 1. The van der Waals surface area contributed by atoms with Gasteiger partial charge in [-0.2, -0.15) is 13.2 Å². The van der Waals surface area contributed by atoms with Crippen molar-refractivity contribution in [2.45, 2.75) is 44.9 Å². The number of nitrogens with zero attached hydrogens (tertiary/aromatic N) is 1. The minimum atomic E-state index is -4.54. The van der Waals surface area contributed by atoms with Gasteiger partial charge in [-0.25, -0.2) is 9.78 Å². The Labute approximate surface area is 186 Å². The van der Waals surface area contributed by atoms with Crippen molar-refractivity contribution in [2.75, 3.05) is 5.32 Å². The van der Waals surface area contributed by atoms with Crippen molar-refractivity contribution < 1.29 is 22.8 Å². The highest BCUT2D eigenvalue weighted by atomic mass is 32.1. The van der Waals surface area contributed by atoms with E-state index < -0.39 is 11.9 Å². The average molecular weight is 462 g/mol. The van der Waals surface area contributed by atoms with Crippen molar-refractivity contribution >= 4 is 39.2 Å². The molecule has 1 fully saturated rings. The Balaban J connectivity index is 1.44. The number of halogens is 3. The van der Waals surface area contributed by atoms with Crippen LogP contribution in [0.4, 0.5) is 23.7 Å². The van der Waals surface area contributed by atoms with Crippen molar-refractivity contribution in [3.63, 3.8) is 0 Å². The molecule has 1 unspecified atom stereocenters. The largest absolute Gasteiger partial charge is 0.433 e. The number of hydrogen-bond acceptors (Lipinski definition) is 4. The third-order valence-corrected chi connectivity index (χ3v) is 6.43. The van der Waals surface area contributed by atoms with Crippen LogP contribution in [0.1, 0.15) is 52.3 Å². The highest BCUT2D eigenvalue weighted by Crippen LogP contribution is 2.34. The number of carbonyl (C=O) groups is 2. The van der Waals surface area contributed by atoms with Gasteiger partial charge in [0.05, 0.1) is 10.9 Å². The van der Waals surface area contributed by atoms with Gasteiger partial charge in [0, 0.05) is 17.1 Å². The van der Waals surface area contributed by atoms with Gasteiger partial charge in [0.2, 0.25) is 0 Å². The first-order valence-corrected chi connectivity index (χ1v) is 10.9. The van der Waals surface area contributed by atoms with Crippen LogP contribution in [0.25, 0.3) is 10.2 Å². The van der Waals surface area contributed by atoms with Crippen molar-refractivity contribution in [2.24, 2.45) is 0 Å². The van der Waals surface area contributed by atoms with Gasteiger partial charge in [-0.3, -0.25) is 4.79 Å². The second kappa shape index (κ2) is 8.42. The van der Waals surface area contributed by atoms with Crippen molar-refractivity contribution in [3.05, 3.63) is 58.1 Å². The molecule has 6 nitrogen and oxygen atoms in total. The maximum Gasteiger partial charge on any atom is 0.433 e. The van der Waals surface area contributed by atoms with Crippen LogP contribution in [0.5, 0.6) is 0 Å². The number of benzene rings is 1. The molecule has 0 radical (unpaired) electrons. The van der Waals surface area contributed by atoms with Crippen molar-refractivity contribution in [1.29, 1.82) is 0 Å². The minimum absolute atomic E-state index is 0.176. The van der Waals surface area contributed by atoms with Gasteiger partial charge in [0.25, 0.3) is 5.91 Å². The van der Waals surface area contributed by atoms with Gasteiger partial charge in [0.15, 0.2) is 0 Å². The van der Waals surface area contributed by atoms with Crippen LogP contribution in [0, 0.1) is 6.92 Å². The van der Waals surface area contributed by atoms with Gasteiger partial charge in [0.1, 0.15) is 10.5 Å². The number of nitrogens with one attached hydrogen (secondary N) is 3. The summed E-state index contributed by atoms with van der Waals surface area (Å²) < 4.78 is 38.8. The normalized spacial score (nSPS) is 14.8. The lowest BCUT2D eigenvalue weighted by Gasteiger charge is -2.15. The number of amides is 3. The molecule has 0 bridgehead atoms. The molecular weight excluding hydrogens is 441 g/mol. The van der Waals surface area contributed by atoms with E-state index in [1.165, 1.54) is 6.07 Å². The zero-order chi connectivity index (χ0) is 23.0. The summed E-state index contributed by atoms with van der Waals surface area (Å²) in [5, 5.41) is 9.00. The zero-order valence-electron chi connectivity index (χ0n) is 17.3. The predicted octanol–water partition coefficient (Wildman–Crippen LogP) is 5.40. The van der Waals surface area contributed by atoms with Crippen LogP contribution in [-0.4, -0.2) is 23.0 Å². The molecule has 32 heavy (non-hydrogen) atoms. The topological polar surface area (TPSA) is 83.1 Å². The predicted molar refractivity (Wildman–Crippen MR) is 117 cm³/mol. The van der Waals surface area contributed by atoms with E-state index in [1.807, 2.05) is 6.92 Å². The van der Waals surface area contributed by atoms with Gasteiger partial charge >= 0.3 is 12.2 Å². The molecule has 3 N–H and O–H groups in total. The SMILES string of the molecule is Cc1c(C(=O)NC(C)c2ccc(NC(=O)NC3CC3)cc2)sc2nc(C(F)(F)F)ccc12. The van der Waals surface area contributed by atoms with Gasteiger partial charge in [-0.1, -0.05) is 12.1 Å². The summed E-state index contributed by atoms with van der Waals surface area (Å²) >= 11 is 0.941. The van der Waals surface area contributed by atoms with Crippen LogP contribution in [-0.2, 0) is 6.18 Å². The molecule has 3 amide bonds. The molecule has 2 heterocycles. The molecule has 0 aliphatic heterocycles. The van der Waals surface area contributed by atoms with Gasteiger partial charge < -0.3 is 16.0 Å². The number of fused-ring (bicyclic) bond motifs is 1. The molecule has 1 aliphatic carbocycles. The van der Waals surface area contributed by atoms with Gasteiger partial charge in [-0.15, -0.1) is 11.3 Å². The molecule has 2 aromatic heterocycles. The summed E-state index contributed by atoms with van der Waals surface area (Å²) in [6.07, 6.45) is -2.53. The molecule has 168 valence electrons. The molecule has 10 heteroatoms. The van der Waals surface area contributed by atoms with E-state index in [-0.39, 0.29) is 28.9 Å². The third kappa shape index (κ3) is 4.85. The standard InChI is InChI=1S/C22H21F3N4O2S/c1-11-16-9-10-17(22(23,24)25)29-20(16)32-18(11)19(30)26-12(2)13-3-5-14(6-4-13)27-21(31)28-15-7-8-15/h3-6,9-10,12,15H,7-8H2,1-2H3,(H,26,30)(H2,27,28,31). The van der Waals surface area contributed by atoms with Crippen LogP contribution in [0.15, 0.2) is 36.4 Å². The average Bonchev–Trinajstić information content (AvgIpc) is 3.48. The number of aromatic nitrogens is 1. The monoisotopic (exact) mass is 462 g/mol. The molecule has 0 saturated heterocycles. The summed E-state index contributed by atoms with van der Waals surface area (Å²) in [4.78, 5) is 28.8. The lowest BCUT2D eigenvalue weighted by Crippen LogP contribution is -2.30. The Hall–Kier alpha value is -3.14. The molecule has 3 aromatic rings. The number of urea groups is 1. The highest BCUT2D eigenvalue weighted by molar-refractivity contribution is 7.20. The second-order valence-electron chi connectivity index (χ2n) is 7.79. The minimum Gasteiger partial charge on any atom is -0.345 e. The fourth-order valence-electron chi connectivity index (χ4n) is 3.25. The first-order valence-electron chi connectivity index (χ1n) is 10.1. The van der Waals surface area contributed by atoms with Crippen LogP contribution in [0.2, 0.25) is 0 Å². The molecule has 1 saturated carbocycles. The molecule has 0 spiro atoms. The second-order valence-corrected chi connectivity index (χ2v) is 8.79. The zero-order valence-corrected chi connectivity index (χ0v) is 18.2. The maximum absolute atomic E-state index is 12.9. The number of alkyl halides is 3. The number of carbonyl (C=O) groups excluding carboxylic acids is 2. The van der Waals surface area contributed by atoms with Crippen LogP contribution >= 0.6 is 11.3 Å². The first-order chi connectivity index (χ1) is 15.1. The fourth-order valence-corrected chi connectivity index (χ4v) is 4.34. The fraction of sp³-hybridized carbons (Fsp3) is 0.318. The smallest absolute Gasteiger partial charge is 0.345 e. The highest BCUT2D eigenvalue weighted by Gasteiger charge is 2.33. The van der Waals surface area contributed by atoms with E-state index in [0.29, 0.717) is 21.5 Å². The van der Waals surface area contributed by atoms with E-state index in [9.17, 15) is 22.8 Å². The Morgan fingerprint density at radius 3 is 2.44 bits per heavy atom. The summed E-state index contributed by atoms with van der Waals surface area (Å²) in [5.74, 6) is -0.377. The van der Waals surface area contributed by atoms with E-state index in [2.05, 4.69) is 20.9 Å². The Bertz CT molecular complexity index is 1170. The molecule has 1 atom stereocenters. The molecule has 1 aliphatic rings.